The van der Waals surface area contributed by atoms with Crippen molar-refractivity contribution in [1.82, 2.24) is 10.6 Å². The van der Waals surface area contributed by atoms with Crippen molar-refractivity contribution in [3.8, 4) is 23.6 Å². The first kappa shape index (κ1) is 43.3. The normalized spacial score (nSPS) is 16.2. The minimum absolute atomic E-state index is 0.0729. The Hall–Kier alpha value is -5.86. The van der Waals surface area contributed by atoms with Crippen LogP contribution >= 0.6 is 23.2 Å². The summed E-state index contributed by atoms with van der Waals surface area (Å²) in [6, 6.07) is 19.9. The van der Waals surface area contributed by atoms with E-state index in [1.54, 1.807) is 36.4 Å². The highest BCUT2D eigenvalue weighted by molar-refractivity contribution is 6.34. The molecule has 2 atom stereocenters. The topological polar surface area (TPSA) is 191 Å². The van der Waals surface area contributed by atoms with Gasteiger partial charge in [-0.05, 0) is 71.8 Å². The quantitative estimate of drug-likeness (QED) is 0.0848. The molecule has 2 aliphatic rings. The average Bonchev–Trinajstić information content (AvgIpc) is 3.21. The van der Waals surface area contributed by atoms with Gasteiger partial charge >= 0.3 is 25.3 Å². The molecule has 0 unspecified atom stereocenters. The Kier molecular flexibility index (Phi) is 15.7. The maximum absolute atomic E-state index is 12.6. The van der Waals surface area contributed by atoms with Crippen LogP contribution in [0.15, 0.2) is 72.8 Å². The molecule has 20 heteroatoms. The van der Waals surface area contributed by atoms with E-state index in [0.717, 1.165) is 24.2 Å². The number of rotatable bonds is 10. The maximum Gasteiger partial charge on any atom is 0.387 e. The van der Waals surface area contributed by atoms with Crippen LogP contribution in [0.2, 0.25) is 10.0 Å². The van der Waals surface area contributed by atoms with Crippen LogP contribution in [0.3, 0.4) is 0 Å². The van der Waals surface area contributed by atoms with Crippen molar-refractivity contribution in [3.05, 3.63) is 105 Å². The molecule has 58 heavy (non-hydrogen) atoms. The van der Waals surface area contributed by atoms with Gasteiger partial charge < -0.3 is 50.8 Å². The first-order valence-corrected chi connectivity index (χ1v) is 18.1. The number of amides is 4. The number of nitriles is 2. The number of hydrogen-bond acceptors (Lipinski definition) is 10. The monoisotopic (exact) mass is 844 g/mol. The molecule has 0 bridgehead atoms. The van der Waals surface area contributed by atoms with Gasteiger partial charge in [-0.2, -0.15) is 28.1 Å². The molecular weight excluding hydrogens is 811 g/mol. The van der Waals surface area contributed by atoms with E-state index in [1.165, 1.54) is 36.4 Å². The number of ether oxygens (including phenoxy) is 4. The second-order valence-electron chi connectivity index (χ2n) is 12.2. The Morgan fingerprint density at radius 3 is 1.36 bits per heavy atom. The number of hydrogen-bond donors (Lipinski definition) is 6. The molecule has 4 aromatic carbocycles. The fourth-order valence-corrected chi connectivity index (χ4v) is 6.04. The molecule has 2 aliphatic heterocycles. The van der Waals surface area contributed by atoms with Crippen LogP contribution in [0.4, 0.5) is 49.9 Å². The number of morpholine rings is 2. The summed E-state index contributed by atoms with van der Waals surface area (Å²) in [5, 5.41) is 34.8. The largest absolute Gasteiger partial charge is 0.433 e. The van der Waals surface area contributed by atoms with E-state index in [1.807, 2.05) is 12.1 Å². The standard InChI is InChI=1S/2C19H17ClF2N4O3/c2*20-13-8-12(17-10-24-5-6-28-17)2-3-14(13)25-19(27)26-15-7-11(9-23)1-4-16(15)29-18(21)22/h2*1-4,7-8,17-18,24H,5-6,10H2,(H2,25,26,27)/t2*17-/m10/s1. The smallest absolute Gasteiger partial charge is 0.387 e. The lowest BCUT2D eigenvalue weighted by Gasteiger charge is -2.24. The summed E-state index contributed by atoms with van der Waals surface area (Å²) in [5.74, 6) is -0.532. The molecule has 0 radical (unpaired) electrons. The summed E-state index contributed by atoms with van der Waals surface area (Å²) in [7, 11) is 0. The lowest BCUT2D eigenvalue weighted by Crippen LogP contribution is -2.33. The summed E-state index contributed by atoms with van der Waals surface area (Å²) in [5.41, 5.74) is 2.57. The maximum atomic E-state index is 12.6. The van der Waals surface area contributed by atoms with Crippen molar-refractivity contribution < 1.29 is 46.1 Å². The fraction of sp³-hybridized carbons (Fsp3) is 0.263. The molecule has 0 aromatic heterocycles. The van der Waals surface area contributed by atoms with Gasteiger partial charge in [0, 0.05) is 26.2 Å². The van der Waals surface area contributed by atoms with Crippen LogP contribution in [-0.2, 0) is 9.47 Å². The van der Waals surface area contributed by atoms with E-state index in [-0.39, 0.29) is 46.2 Å². The van der Waals surface area contributed by atoms with Gasteiger partial charge in [-0.25, -0.2) is 9.59 Å². The van der Waals surface area contributed by atoms with Gasteiger partial charge in [-0.1, -0.05) is 35.3 Å². The number of alkyl halides is 4. The first-order valence-electron chi connectivity index (χ1n) is 17.3. The van der Waals surface area contributed by atoms with E-state index >= 15 is 0 Å². The zero-order chi connectivity index (χ0) is 41.6. The van der Waals surface area contributed by atoms with Gasteiger partial charge in [0.25, 0.3) is 0 Å². The van der Waals surface area contributed by atoms with Crippen molar-refractivity contribution in [2.75, 3.05) is 60.7 Å². The van der Waals surface area contributed by atoms with Crippen LogP contribution in [0.5, 0.6) is 11.5 Å². The van der Waals surface area contributed by atoms with Crippen LogP contribution in [0.25, 0.3) is 0 Å². The Morgan fingerprint density at radius 2 is 1.03 bits per heavy atom. The highest BCUT2D eigenvalue weighted by atomic mass is 35.5. The lowest BCUT2D eigenvalue weighted by atomic mass is 10.1. The fourth-order valence-electron chi connectivity index (χ4n) is 5.57. The van der Waals surface area contributed by atoms with E-state index < -0.39 is 25.3 Å². The summed E-state index contributed by atoms with van der Waals surface area (Å²) >= 11 is 12.5. The molecule has 14 nitrogen and oxygen atoms in total. The molecule has 0 spiro atoms. The van der Waals surface area contributed by atoms with Crippen LogP contribution in [-0.4, -0.2) is 64.7 Å². The molecular formula is C38H34Cl2F4N8O6. The predicted molar refractivity (Wildman–Crippen MR) is 207 cm³/mol. The molecule has 6 N–H and O–H groups in total. The van der Waals surface area contributed by atoms with E-state index in [4.69, 9.17) is 43.2 Å². The zero-order valence-electron chi connectivity index (χ0n) is 30.1. The molecule has 0 saturated carbocycles. The minimum Gasteiger partial charge on any atom is -0.433 e. The van der Waals surface area contributed by atoms with Crippen molar-refractivity contribution in [2.24, 2.45) is 0 Å². The third-order valence-electron chi connectivity index (χ3n) is 8.23. The summed E-state index contributed by atoms with van der Waals surface area (Å²) in [4.78, 5) is 24.6. The number of benzene rings is 4. The Morgan fingerprint density at radius 1 is 0.638 bits per heavy atom. The Labute approximate surface area is 339 Å². The first-order chi connectivity index (χ1) is 27.9. The number of nitrogens with one attached hydrogen (secondary N) is 6. The SMILES string of the molecule is N#Cc1ccc(OC(F)F)c(NC(=O)Nc2ccc([C@@H]3CNCCO3)cc2Cl)c1.N#Cc1ccc(OC(F)F)c(NC(=O)Nc2ccc([C@H]3CNCCO3)cc2Cl)c1. The number of carbonyl (C=O) groups is 2. The highest BCUT2D eigenvalue weighted by Gasteiger charge is 2.20. The van der Waals surface area contributed by atoms with Gasteiger partial charge in [0.1, 0.15) is 11.5 Å². The number of urea groups is 2. The van der Waals surface area contributed by atoms with Crippen molar-refractivity contribution in [1.29, 1.82) is 10.5 Å². The Balaban J connectivity index is 0.000000221. The van der Waals surface area contributed by atoms with E-state index in [2.05, 4.69) is 41.4 Å². The van der Waals surface area contributed by atoms with Gasteiger partial charge in [0.05, 0.1) is 81.5 Å². The zero-order valence-corrected chi connectivity index (χ0v) is 31.6. The molecule has 2 heterocycles. The molecule has 6 rings (SSSR count). The second kappa shape index (κ2) is 21.1. The molecule has 2 saturated heterocycles. The van der Waals surface area contributed by atoms with Crippen LogP contribution in [0, 0.1) is 22.7 Å². The van der Waals surface area contributed by atoms with E-state index in [0.29, 0.717) is 47.7 Å². The summed E-state index contributed by atoms with van der Waals surface area (Å²) < 4.78 is 70.3. The number of carbonyl (C=O) groups excluding carboxylic acids is 2. The van der Waals surface area contributed by atoms with Gasteiger partial charge in [-0.15, -0.1) is 0 Å². The third kappa shape index (κ3) is 12.6. The lowest BCUT2D eigenvalue weighted by molar-refractivity contribution is -0.0500. The number of anilines is 4. The van der Waals surface area contributed by atoms with Gasteiger partial charge in [-0.3, -0.25) is 0 Å². The van der Waals surface area contributed by atoms with Crippen LogP contribution in [0.1, 0.15) is 34.5 Å². The average molecular weight is 846 g/mol. The number of halogens is 6. The second-order valence-corrected chi connectivity index (χ2v) is 13.0. The summed E-state index contributed by atoms with van der Waals surface area (Å²) in [6.45, 7) is -2.08. The Bertz CT molecular complexity index is 2010. The van der Waals surface area contributed by atoms with Crippen molar-refractivity contribution in [3.63, 3.8) is 0 Å². The molecule has 4 aromatic rings. The molecule has 2 fully saturated rings. The highest BCUT2D eigenvalue weighted by Crippen LogP contribution is 2.32. The third-order valence-corrected chi connectivity index (χ3v) is 8.85. The minimum atomic E-state index is -3.08. The predicted octanol–water partition coefficient (Wildman–Crippen LogP) is 8.24. The molecule has 0 aliphatic carbocycles. The molecule has 4 amide bonds. The van der Waals surface area contributed by atoms with Crippen molar-refractivity contribution >= 4 is 58.0 Å². The summed E-state index contributed by atoms with van der Waals surface area (Å²) in [6.07, 6.45) is -0.265. The van der Waals surface area contributed by atoms with Crippen molar-refractivity contribution in [2.45, 2.75) is 25.4 Å². The van der Waals surface area contributed by atoms with Crippen LogP contribution < -0.4 is 41.4 Å². The van der Waals surface area contributed by atoms with Gasteiger partial charge in [0.15, 0.2) is 0 Å². The molecule has 304 valence electrons. The van der Waals surface area contributed by atoms with E-state index in [9.17, 15) is 27.2 Å². The van der Waals surface area contributed by atoms with Gasteiger partial charge in [0.2, 0.25) is 0 Å². The number of nitrogens with zero attached hydrogens (tertiary/aromatic N) is 2.